The van der Waals surface area contributed by atoms with Crippen LogP contribution in [-0.4, -0.2) is 37.6 Å². The van der Waals surface area contributed by atoms with E-state index in [1.165, 1.54) is 6.07 Å². The summed E-state index contributed by atoms with van der Waals surface area (Å²) in [6.07, 6.45) is 2.28. The molecule has 3 aromatic carbocycles. The van der Waals surface area contributed by atoms with Gasteiger partial charge in [-0.05, 0) is 72.9 Å². The lowest BCUT2D eigenvalue weighted by Gasteiger charge is -2.19. The maximum atomic E-state index is 15.6. The second-order valence-corrected chi connectivity index (χ2v) is 9.55. The van der Waals surface area contributed by atoms with Crippen LogP contribution in [0.5, 0.6) is 17.2 Å². The third kappa shape index (κ3) is 5.32. The minimum atomic E-state index is -0.428. The number of rotatable bonds is 8. The summed E-state index contributed by atoms with van der Waals surface area (Å²) in [5.41, 5.74) is 13.8. The molecule has 5 N–H and O–H groups in total. The van der Waals surface area contributed by atoms with Crippen molar-refractivity contribution >= 4 is 33.9 Å². The van der Waals surface area contributed by atoms with Gasteiger partial charge >= 0.3 is 0 Å². The highest BCUT2D eigenvalue weighted by atomic mass is 19.1. The molecule has 4 aromatic rings. The minimum Gasteiger partial charge on any atom is -0.493 e. The van der Waals surface area contributed by atoms with Gasteiger partial charge in [-0.1, -0.05) is 0 Å². The van der Waals surface area contributed by atoms with Gasteiger partial charge in [0.25, 0.3) is 0 Å². The lowest BCUT2D eigenvalue weighted by Crippen LogP contribution is -2.28. The van der Waals surface area contributed by atoms with Gasteiger partial charge in [0.1, 0.15) is 5.82 Å². The predicted octanol–water partition coefficient (Wildman–Crippen LogP) is 4.99. The first kappa shape index (κ1) is 27.3. The third-order valence-corrected chi connectivity index (χ3v) is 7.04. The van der Waals surface area contributed by atoms with E-state index in [4.69, 9.17) is 30.6 Å². The molecule has 210 valence electrons. The summed E-state index contributed by atoms with van der Waals surface area (Å²) in [6.45, 7) is 0.365. The zero-order valence-electron chi connectivity index (χ0n) is 23.0. The smallest absolute Gasteiger partial charge is 0.206 e. The second kappa shape index (κ2) is 11.5. The fourth-order valence-corrected chi connectivity index (χ4v) is 5.26. The number of ether oxygens (including phenoxy) is 3. The Morgan fingerprint density at radius 1 is 1.07 bits per heavy atom. The van der Waals surface area contributed by atoms with Gasteiger partial charge in [0, 0.05) is 23.7 Å². The zero-order chi connectivity index (χ0) is 29.1. The van der Waals surface area contributed by atoms with Crippen molar-refractivity contribution in [1.29, 1.82) is 10.7 Å². The first-order valence-electron chi connectivity index (χ1n) is 12.9. The fourth-order valence-electron chi connectivity index (χ4n) is 5.26. The molecule has 0 amide bonds. The van der Waals surface area contributed by atoms with Crippen LogP contribution in [0.15, 0.2) is 53.6 Å². The second-order valence-electron chi connectivity index (χ2n) is 9.55. The van der Waals surface area contributed by atoms with Gasteiger partial charge in [0.2, 0.25) is 11.7 Å². The van der Waals surface area contributed by atoms with E-state index in [0.717, 1.165) is 40.8 Å². The lowest BCUT2D eigenvalue weighted by atomic mass is 9.93. The number of hydrogen-bond donors (Lipinski definition) is 4. The molecule has 0 aliphatic heterocycles. The molecular weight excluding hydrogens is 525 g/mol. The molecule has 0 atom stereocenters. The number of hydrazone groups is 1. The minimum absolute atomic E-state index is 0.267. The summed E-state index contributed by atoms with van der Waals surface area (Å²) in [5.74, 6) is 0.814. The van der Waals surface area contributed by atoms with E-state index in [-0.39, 0.29) is 5.96 Å². The lowest BCUT2D eigenvalue weighted by molar-refractivity contribution is 0.323. The molecule has 1 aromatic heterocycles. The molecule has 0 bridgehead atoms. The topological polar surface area (TPSA) is 143 Å². The number of nitriles is 1. The van der Waals surface area contributed by atoms with Gasteiger partial charge in [-0.2, -0.15) is 10.4 Å². The standard InChI is InChI=1S/C30H30FN7O3/c1-39-26-11-18(12-27(40-2)29(26)41-3)16-38-25-14-22(31)24(35-19-9-7-17(15-32)8-10-19)13-21(25)20-5-4-6-23(28(20)38)36-37-30(33)34/h7-14,35H,4-6,16H2,1-3H3,(H4,33,34,37)/b36-23+. The number of aryl methyl sites for hydroxylation is 1. The molecule has 0 unspecified atom stereocenters. The van der Waals surface area contributed by atoms with Gasteiger partial charge < -0.3 is 29.8 Å². The number of guanidine groups is 1. The molecule has 0 spiro atoms. The van der Waals surface area contributed by atoms with Crippen molar-refractivity contribution in [1.82, 2.24) is 9.99 Å². The van der Waals surface area contributed by atoms with Crippen LogP contribution in [0, 0.1) is 22.6 Å². The van der Waals surface area contributed by atoms with E-state index in [9.17, 15) is 0 Å². The fraction of sp³-hybridized carbons (Fsp3) is 0.233. The monoisotopic (exact) mass is 555 g/mol. The Labute approximate surface area is 236 Å². The molecule has 0 saturated heterocycles. The van der Waals surface area contributed by atoms with Crippen molar-refractivity contribution < 1.29 is 18.6 Å². The number of aromatic nitrogens is 1. The van der Waals surface area contributed by atoms with Crippen LogP contribution in [0.1, 0.15) is 35.2 Å². The number of nitrogens with one attached hydrogen (secondary N) is 3. The average Bonchev–Trinajstić information content (AvgIpc) is 3.28. The SMILES string of the molecule is COc1cc(Cn2c3c(c4cc(Nc5ccc(C#N)cc5)c(F)cc42)CCC/C3=N\NC(=N)N)cc(OC)c1OC. The number of nitrogens with zero attached hydrogens (tertiary/aromatic N) is 3. The summed E-state index contributed by atoms with van der Waals surface area (Å²) < 4.78 is 34.3. The van der Waals surface area contributed by atoms with E-state index in [1.807, 2.05) is 22.8 Å². The summed E-state index contributed by atoms with van der Waals surface area (Å²) in [4.78, 5) is 0. The number of methoxy groups -OCH3 is 3. The molecule has 0 saturated carbocycles. The highest BCUT2D eigenvalue weighted by Crippen LogP contribution is 2.40. The average molecular weight is 556 g/mol. The first-order chi connectivity index (χ1) is 19.9. The molecule has 5 rings (SSSR count). The van der Waals surface area contributed by atoms with Crippen molar-refractivity contribution in [2.75, 3.05) is 26.6 Å². The Bertz CT molecular complexity index is 1680. The maximum absolute atomic E-state index is 15.6. The van der Waals surface area contributed by atoms with Crippen LogP contribution < -0.4 is 30.7 Å². The quantitative estimate of drug-likeness (QED) is 0.136. The maximum Gasteiger partial charge on any atom is 0.206 e. The first-order valence-corrected chi connectivity index (χ1v) is 12.9. The molecule has 0 radical (unpaired) electrons. The van der Waals surface area contributed by atoms with Crippen molar-refractivity contribution in [3.63, 3.8) is 0 Å². The van der Waals surface area contributed by atoms with Crippen LogP contribution in [-0.2, 0) is 13.0 Å². The Balaban J connectivity index is 1.67. The van der Waals surface area contributed by atoms with Gasteiger partial charge in [-0.25, -0.2) is 9.82 Å². The van der Waals surface area contributed by atoms with Crippen molar-refractivity contribution in [3.8, 4) is 23.3 Å². The Kier molecular flexibility index (Phi) is 7.65. The van der Waals surface area contributed by atoms with Gasteiger partial charge in [0.15, 0.2) is 11.5 Å². The molecule has 1 aliphatic rings. The van der Waals surface area contributed by atoms with Crippen LogP contribution in [0.3, 0.4) is 0 Å². The predicted molar refractivity (Wildman–Crippen MR) is 156 cm³/mol. The molecule has 10 nitrogen and oxygen atoms in total. The van der Waals surface area contributed by atoms with E-state index in [1.54, 1.807) is 45.6 Å². The Hall–Kier alpha value is -5.24. The van der Waals surface area contributed by atoms with Crippen LogP contribution in [0.4, 0.5) is 15.8 Å². The van der Waals surface area contributed by atoms with Crippen LogP contribution >= 0.6 is 0 Å². The summed E-state index contributed by atoms with van der Waals surface area (Å²) in [7, 11) is 4.67. The molecule has 1 aliphatic carbocycles. The molecule has 41 heavy (non-hydrogen) atoms. The van der Waals surface area contributed by atoms with E-state index in [0.29, 0.717) is 52.7 Å². The number of anilines is 2. The number of halogens is 1. The highest BCUT2D eigenvalue weighted by molar-refractivity contribution is 6.08. The van der Waals surface area contributed by atoms with Gasteiger partial charge in [0.05, 0.1) is 55.6 Å². The molecule has 11 heteroatoms. The zero-order valence-corrected chi connectivity index (χ0v) is 23.0. The third-order valence-electron chi connectivity index (χ3n) is 7.04. The molecule has 1 heterocycles. The van der Waals surface area contributed by atoms with Crippen molar-refractivity contribution in [2.24, 2.45) is 10.8 Å². The van der Waals surface area contributed by atoms with E-state index < -0.39 is 5.82 Å². The largest absolute Gasteiger partial charge is 0.493 e. The summed E-state index contributed by atoms with van der Waals surface area (Å²) >= 11 is 0. The van der Waals surface area contributed by atoms with Crippen molar-refractivity contribution in [2.45, 2.75) is 25.8 Å². The van der Waals surface area contributed by atoms with Crippen LogP contribution in [0.25, 0.3) is 10.9 Å². The Morgan fingerprint density at radius 3 is 2.39 bits per heavy atom. The summed E-state index contributed by atoms with van der Waals surface area (Å²) in [5, 5.41) is 25.2. The summed E-state index contributed by atoms with van der Waals surface area (Å²) in [6, 6.07) is 16.0. The normalized spacial score (nSPS) is 13.4. The Morgan fingerprint density at radius 2 is 1.78 bits per heavy atom. The number of nitrogens with two attached hydrogens (primary N) is 1. The van der Waals surface area contributed by atoms with Crippen LogP contribution in [0.2, 0.25) is 0 Å². The van der Waals surface area contributed by atoms with Gasteiger partial charge in [-0.3, -0.25) is 5.41 Å². The van der Waals surface area contributed by atoms with Crippen molar-refractivity contribution in [3.05, 3.63) is 76.7 Å². The number of fused-ring (bicyclic) bond motifs is 3. The number of hydrogen-bond acceptors (Lipinski definition) is 7. The number of benzene rings is 3. The molecular formula is C30H30FN7O3. The van der Waals surface area contributed by atoms with E-state index in [2.05, 4.69) is 21.9 Å². The van der Waals surface area contributed by atoms with E-state index >= 15 is 4.39 Å². The van der Waals surface area contributed by atoms with Gasteiger partial charge in [-0.15, -0.1) is 0 Å². The highest BCUT2D eigenvalue weighted by Gasteiger charge is 2.27. The molecule has 0 fully saturated rings.